The number of aliphatic carboxylic acids is 1. The van der Waals surface area contributed by atoms with Gasteiger partial charge in [-0.3, -0.25) is 4.79 Å². The van der Waals surface area contributed by atoms with Gasteiger partial charge >= 0.3 is 12.1 Å². The summed E-state index contributed by atoms with van der Waals surface area (Å²) in [5.74, 6) is -1.29. The van der Waals surface area contributed by atoms with E-state index in [1.807, 2.05) is 0 Å². The van der Waals surface area contributed by atoms with Crippen molar-refractivity contribution in [1.29, 1.82) is 0 Å². The van der Waals surface area contributed by atoms with Gasteiger partial charge in [-0.1, -0.05) is 12.1 Å². The maximum atomic E-state index is 12.1. The zero-order chi connectivity index (χ0) is 15.2. The summed E-state index contributed by atoms with van der Waals surface area (Å²) in [7, 11) is 1.50. The van der Waals surface area contributed by atoms with E-state index in [2.05, 4.69) is 0 Å². The molecule has 1 aromatic carbocycles. The first kappa shape index (κ1) is 16.3. The number of carboxylic acid groups (broad SMARTS) is 1. The topological polar surface area (TPSA) is 46.5 Å². The first-order valence-corrected chi connectivity index (χ1v) is 6.24. The van der Waals surface area contributed by atoms with Crippen molar-refractivity contribution in [1.82, 2.24) is 0 Å². The van der Waals surface area contributed by atoms with Crippen molar-refractivity contribution in [3.8, 4) is 5.75 Å². The normalized spacial score (nSPS) is 13.0. The predicted octanol–water partition coefficient (Wildman–Crippen LogP) is 3.67. The van der Waals surface area contributed by atoms with Crippen LogP contribution < -0.4 is 4.74 Å². The lowest BCUT2D eigenvalue weighted by atomic mass is 9.94. The van der Waals surface area contributed by atoms with Gasteiger partial charge in [-0.05, 0) is 37.0 Å². The van der Waals surface area contributed by atoms with Crippen LogP contribution >= 0.6 is 0 Å². The lowest BCUT2D eigenvalue weighted by Gasteiger charge is -2.13. The van der Waals surface area contributed by atoms with Crippen LogP contribution in [0.15, 0.2) is 24.3 Å². The summed E-state index contributed by atoms with van der Waals surface area (Å²) in [6, 6.07) is 6.88. The molecule has 0 aliphatic heterocycles. The summed E-state index contributed by atoms with van der Waals surface area (Å²) < 4.78 is 41.2. The van der Waals surface area contributed by atoms with E-state index in [-0.39, 0.29) is 19.3 Å². The monoisotopic (exact) mass is 290 g/mol. The minimum atomic E-state index is -4.24. The van der Waals surface area contributed by atoms with Gasteiger partial charge in [0.25, 0.3) is 0 Å². The van der Waals surface area contributed by atoms with Gasteiger partial charge in [-0.25, -0.2) is 0 Å². The molecule has 0 aliphatic rings. The molecule has 1 rings (SSSR count). The van der Waals surface area contributed by atoms with E-state index in [0.717, 1.165) is 5.56 Å². The van der Waals surface area contributed by atoms with E-state index in [1.165, 1.54) is 7.11 Å². The average molecular weight is 290 g/mol. The number of carbonyl (C=O) groups is 1. The van der Waals surface area contributed by atoms with E-state index in [4.69, 9.17) is 9.84 Å². The second-order valence-corrected chi connectivity index (χ2v) is 4.60. The Hall–Kier alpha value is -1.72. The van der Waals surface area contributed by atoms with Crippen LogP contribution in [0.5, 0.6) is 5.75 Å². The van der Waals surface area contributed by atoms with Crippen LogP contribution in [-0.4, -0.2) is 24.4 Å². The van der Waals surface area contributed by atoms with Crippen LogP contribution in [0.25, 0.3) is 0 Å². The zero-order valence-electron chi connectivity index (χ0n) is 11.1. The molecule has 6 heteroatoms. The van der Waals surface area contributed by atoms with Gasteiger partial charge in [0.15, 0.2) is 0 Å². The van der Waals surface area contributed by atoms with E-state index in [1.54, 1.807) is 24.3 Å². The summed E-state index contributed by atoms with van der Waals surface area (Å²) in [4.78, 5) is 11.1. The Labute approximate surface area is 115 Å². The average Bonchev–Trinajstić information content (AvgIpc) is 2.36. The highest BCUT2D eigenvalue weighted by atomic mass is 19.4. The second-order valence-electron chi connectivity index (χ2n) is 4.60. The van der Waals surface area contributed by atoms with Crippen molar-refractivity contribution in [2.24, 2.45) is 5.92 Å². The van der Waals surface area contributed by atoms with Crippen LogP contribution in [0.4, 0.5) is 13.2 Å². The maximum Gasteiger partial charge on any atom is 0.389 e. The number of carboxylic acids is 1. The molecule has 0 radical (unpaired) electrons. The highest BCUT2D eigenvalue weighted by molar-refractivity contribution is 5.70. The van der Waals surface area contributed by atoms with Crippen LogP contribution in [0, 0.1) is 5.92 Å². The van der Waals surface area contributed by atoms with Crippen LogP contribution in [0.1, 0.15) is 24.8 Å². The molecular weight excluding hydrogens is 273 g/mol. The van der Waals surface area contributed by atoms with E-state index in [9.17, 15) is 18.0 Å². The summed E-state index contributed by atoms with van der Waals surface area (Å²) in [6.07, 6.45) is -5.16. The van der Waals surface area contributed by atoms with Crippen LogP contribution in [0.2, 0.25) is 0 Å². The Balaban J connectivity index is 2.60. The molecule has 3 nitrogen and oxygen atoms in total. The molecule has 0 aliphatic carbocycles. The number of benzene rings is 1. The third-order valence-corrected chi connectivity index (χ3v) is 2.98. The Morgan fingerprint density at radius 2 is 2.10 bits per heavy atom. The number of halogens is 3. The fourth-order valence-corrected chi connectivity index (χ4v) is 1.95. The minimum Gasteiger partial charge on any atom is -0.497 e. The van der Waals surface area contributed by atoms with Gasteiger partial charge in [0, 0.05) is 6.42 Å². The SMILES string of the molecule is COc1cccc(CC(CCCC(F)(F)F)C(=O)O)c1. The number of rotatable bonds is 7. The van der Waals surface area contributed by atoms with Gasteiger partial charge < -0.3 is 9.84 Å². The lowest BCUT2D eigenvalue weighted by Crippen LogP contribution is -2.18. The summed E-state index contributed by atoms with van der Waals surface area (Å²) in [5.41, 5.74) is 0.740. The molecule has 0 amide bonds. The summed E-state index contributed by atoms with van der Waals surface area (Å²) in [5, 5.41) is 9.08. The number of ether oxygens (including phenoxy) is 1. The molecular formula is C14H17F3O3. The highest BCUT2D eigenvalue weighted by Gasteiger charge is 2.28. The highest BCUT2D eigenvalue weighted by Crippen LogP contribution is 2.25. The molecule has 1 aromatic rings. The molecule has 0 fully saturated rings. The number of methoxy groups -OCH3 is 1. The van der Waals surface area contributed by atoms with Gasteiger partial charge in [0.2, 0.25) is 0 Å². The van der Waals surface area contributed by atoms with Crippen molar-refractivity contribution in [2.45, 2.75) is 31.9 Å². The van der Waals surface area contributed by atoms with E-state index in [0.29, 0.717) is 5.75 Å². The Kier molecular flexibility index (Phi) is 5.85. The van der Waals surface area contributed by atoms with Crippen LogP contribution in [0.3, 0.4) is 0 Å². The van der Waals surface area contributed by atoms with Crippen molar-refractivity contribution < 1.29 is 27.8 Å². The number of hydrogen-bond donors (Lipinski definition) is 1. The fourth-order valence-electron chi connectivity index (χ4n) is 1.95. The van der Waals surface area contributed by atoms with Gasteiger partial charge in [0.05, 0.1) is 13.0 Å². The van der Waals surface area contributed by atoms with Crippen molar-refractivity contribution in [3.63, 3.8) is 0 Å². The lowest BCUT2D eigenvalue weighted by molar-refractivity contribution is -0.145. The molecule has 0 saturated heterocycles. The second kappa shape index (κ2) is 7.17. The van der Waals surface area contributed by atoms with Gasteiger partial charge in [-0.2, -0.15) is 13.2 Å². The molecule has 0 heterocycles. The van der Waals surface area contributed by atoms with Crippen molar-refractivity contribution in [2.75, 3.05) is 7.11 Å². The molecule has 1 N–H and O–H groups in total. The molecule has 0 bridgehead atoms. The standard InChI is InChI=1S/C14H17F3O3/c1-20-12-6-2-4-10(9-12)8-11(13(18)19)5-3-7-14(15,16)17/h2,4,6,9,11H,3,5,7-8H2,1H3,(H,18,19). The smallest absolute Gasteiger partial charge is 0.389 e. The number of alkyl halides is 3. The number of hydrogen-bond acceptors (Lipinski definition) is 2. The molecule has 0 spiro atoms. The quantitative estimate of drug-likeness (QED) is 0.833. The van der Waals surface area contributed by atoms with E-state index >= 15 is 0 Å². The van der Waals surface area contributed by atoms with E-state index < -0.39 is 24.5 Å². The first-order valence-electron chi connectivity index (χ1n) is 6.24. The van der Waals surface area contributed by atoms with Gasteiger partial charge in [0.1, 0.15) is 5.75 Å². The third kappa shape index (κ3) is 5.95. The molecule has 112 valence electrons. The van der Waals surface area contributed by atoms with Crippen LogP contribution in [-0.2, 0) is 11.2 Å². The Bertz CT molecular complexity index is 444. The molecule has 0 aromatic heterocycles. The zero-order valence-corrected chi connectivity index (χ0v) is 11.1. The Morgan fingerprint density at radius 3 is 2.65 bits per heavy atom. The predicted molar refractivity (Wildman–Crippen MR) is 67.7 cm³/mol. The maximum absolute atomic E-state index is 12.1. The van der Waals surface area contributed by atoms with Gasteiger partial charge in [-0.15, -0.1) is 0 Å². The minimum absolute atomic E-state index is 0.00601. The van der Waals surface area contributed by atoms with Crippen molar-refractivity contribution in [3.05, 3.63) is 29.8 Å². The third-order valence-electron chi connectivity index (χ3n) is 2.98. The summed E-state index contributed by atoms with van der Waals surface area (Å²) >= 11 is 0. The molecule has 1 atom stereocenters. The first-order chi connectivity index (χ1) is 9.31. The largest absolute Gasteiger partial charge is 0.497 e. The fraction of sp³-hybridized carbons (Fsp3) is 0.500. The summed E-state index contributed by atoms with van der Waals surface area (Å²) in [6.45, 7) is 0. The Morgan fingerprint density at radius 1 is 1.40 bits per heavy atom. The van der Waals surface area contributed by atoms with Crippen molar-refractivity contribution >= 4 is 5.97 Å². The molecule has 1 unspecified atom stereocenters. The molecule has 0 saturated carbocycles. The molecule has 20 heavy (non-hydrogen) atoms.